The summed E-state index contributed by atoms with van der Waals surface area (Å²) in [5.41, 5.74) is 1.08. The third-order valence-corrected chi connectivity index (χ3v) is 11.2. The van der Waals surface area contributed by atoms with Crippen LogP contribution in [0.15, 0.2) is 107 Å². The van der Waals surface area contributed by atoms with Crippen LogP contribution in [0.1, 0.15) is 49.1 Å². The average Bonchev–Trinajstić information content (AvgIpc) is 3.38. The van der Waals surface area contributed by atoms with Crippen molar-refractivity contribution in [2.75, 3.05) is 33.8 Å². The number of carbonyl (C=O) groups excluding carboxylic acids is 4. The van der Waals surface area contributed by atoms with Gasteiger partial charge in [-0.3, -0.25) is 24.0 Å². The number of nitrogens with zero attached hydrogens (tertiary/aromatic N) is 7. The van der Waals surface area contributed by atoms with E-state index < -0.39 is 33.7 Å². The van der Waals surface area contributed by atoms with E-state index >= 15 is 0 Å². The van der Waals surface area contributed by atoms with Crippen LogP contribution in [0.2, 0.25) is 0 Å². The van der Waals surface area contributed by atoms with Gasteiger partial charge in [-0.1, -0.05) is 24.3 Å². The number of hydrogen-bond donors (Lipinski definition) is 4. The third-order valence-electron chi connectivity index (χ3n) is 10.5. The molecule has 4 aromatic carbocycles. The van der Waals surface area contributed by atoms with Crippen molar-refractivity contribution in [2.24, 2.45) is 0 Å². The fraction of sp³-hybridized carbons (Fsp3) is 0.149. The first-order valence-electron chi connectivity index (χ1n) is 21.0. The molecular weight excluding hydrogens is 959 g/mol. The summed E-state index contributed by atoms with van der Waals surface area (Å²) in [5, 5.41) is 8.46. The lowest BCUT2D eigenvalue weighted by molar-refractivity contribution is -0.114. The normalized spacial score (nSPS) is 10.9. The number of anilines is 1. The second-order valence-corrected chi connectivity index (χ2v) is 15.9. The number of ether oxygens (including phenoxy) is 4. The molecule has 0 atom stereocenters. The van der Waals surface area contributed by atoms with Gasteiger partial charge < -0.3 is 44.7 Å². The number of aromatic amines is 1. The van der Waals surface area contributed by atoms with Crippen molar-refractivity contribution in [1.29, 1.82) is 0 Å². The summed E-state index contributed by atoms with van der Waals surface area (Å²) in [5.74, 6) is -2.19. The maximum atomic E-state index is 14.2. The van der Waals surface area contributed by atoms with Crippen LogP contribution in [-0.4, -0.2) is 90.9 Å². The predicted molar refractivity (Wildman–Crippen MR) is 261 cm³/mol. The predicted octanol–water partition coefficient (Wildman–Crippen LogP) is 4.59. The number of fused-ring (bicyclic) bond motifs is 2. The molecule has 0 aliphatic rings. The summed E-state index contributed by atoms with van der Waals surface area (Å²) < 4.78 is 23.5. The van der Waals surface area contributed by atoms with Gasteiger partial charge in [0.15, 0.2) is 4.77 Å². The molecule has 0 saturated heterocycles. The Morgan fingerprint density at radius 2 is 1.14 bits per heavy atom. The number of benzene rings is 4. The molecular formula is C47H39N11O11S2. The minimum Gasteiger partial charge on any atom is -0.481 e. The van der Waals surface area contributed by atoms with Crippen molar-refractivity contribution in [3.05, 3.63) is 155 Å². The third kappa shape index (κ3) is 10.3. The monoisotopic (exact) mass is 997 g/mol. The maximum Gasteiger partial charge on any atom is 0.363 e. The molecule has 22 nitrogen and oxygen atoms in total. The van der Waals surface area contributed by atoms with E-state index in [2.05, 4.69) is 40.9 Å². The Morgan fingerprint density at radius 1 is 0.606 bits per heavy atom. The zero-order chi connectivity index (χ0) is 50.5. The Morgan fingerprint density at radius 3 is 1.72 bits per heavy atom. The quantitative estimate of drug-likeness (QED) is 0.102. The molecule has 0 unspecified atom stereocenters. The van der Waals surface area contributed by atoms with Crippen LogP contribution in [0.25, 0.3) is 33.7 Å². The zero-order valence-electron chi connectivity index (χ0n) is 38.1. The Labute approximate surface area is 410 Å². The number of carbonyl (C=O) groups is 4. The van der Waals surface area contributed by atoms with E-state index in [0.29, 0.717) is 11.3 Å². The second kappa shape index (κ2) is 20.6. The number of methoxy groups -OCH3 is 4. The number of nitrogens with one attached hydrogen (secondary N) is 4. The molecule has 360 valence electrons. The van der Waals surface area contributed by atoms with Crippen LogP contribution < -0.4 is 50.9 Å². The van der Waals surface area contributed by atoms with Gasteiger partial charge in [0, 0.05) is 36.8 Å². The highest BCUT2D eigenvalue weighted by atomic mass is 32.1. The molecule has 0 bridgehead atoms. The molecule has 4 heterocycles. The molecule has 0 aliphatic carbocycles. The Balaban J connectivity index is 1.06. The molecule has 3 amide bonds. The van der Waals surface area contributed by atoms with Gasteiger partial charge >= 0.3 is 5.97 Å². The van der Waals surface area contributed by atoms with Crippen LogP contribution in [0.4, 0.5) is 5.69 Å². The first-order valence-corrected chi connectivity index (χ1v) is 21.8. The SMILES string of the molecule is COc1cc(OC)nc(-n2c(=S)[nH]c3cc(C(=O)NCc4cccc(C(=O)On5c(=S)n(-c6nc(OC)cc(OC)n6)c(=O)c6ccc(C(=O)NCc7ccc(NC(C)=O)cc7)cc65)c4)ccc3c2=O)n1. The lowest BCUT2D eigenvalue weighted by Gasteiger charge is -2.16. The highest BCUT2D eigenvalue weighted by Gasteiger charge is 2.22. The van der Waals surface area contributed by atoms with Gasteiger partial charge in [-0.2, -0.15) is 19.9 Å². The molecule has 71 heavy (non-hydrogen) atoms. The van der Waals surface area contributed by atoms with E-state index in [1.807, 2.05) is 0 Å². The summed E-state index contributed by atoms with van der Waals surface area (Å²) in [7, 11) is 5.52. The van der Waals surface area contributed by atoms with Crippen LogP contribution in [0.5, 0.6) is 23.5 Å². The molecule has 8 aromatic rings. The van der Waals surface area contributed by atoms with Gasteiger partial charge in [-0.15, -0.1) is 4.73 Å². The first kappa shape index (κ1) is 48.3. The Kier molecular flexibility index (Phi) is 14.0. The Bertz CT molecular complexity index is 3660. The fourth-order valence-electron chi connectivity index (χ4n) is 7.05. The summed E-state index contributed by atoms with van der Waals surface area (Å²) in [6, 6.07) is 24.4. The van der Waals surface area contributed by atoms with Crippen molar-refractivity contribution in [2.45, 2.75) is 20.0 Å². The first-order chi connectivity index (χ1) is 34.2. The molecule has 0 saturated carbocycles. The molecule has 0 spiro atoms. The second-order valence-electron chi connectivity index (χ2n) is 15.1. The van der Waals surface area contributed by atoms with Gasteiger partial charge in [0.1, 0.15) is 0 Å². The van der Waals surface area contributed by atoms with Gasteiger partial charge in [0.25, 0.3) is 22.9 Å². The number of amides is 3. The number of H-pyrrole nitrogens is 1. The van der Waals surface area contributed by atoms with E-state index in [9.17, 15) is 28.8 Å². The van der Waals surface area contributed by atoms with E-state index in [1.165, 1.54) is 96.0 Å². The summed E-state index contributed by atoms with van der Waals surface area (Å²) in [6.07, 6.45) is 0. The average molecular weight is 998 g/mol. The molecule has 0 aliphatic heterocycles. The maximum absolute atomic E-state index is 14.2. The Hall–Kier alpha value is -9.16. The number of hydrogen-bond acceptors (Lipinski definition) is 17. The summed E-state index contributed by atoms with van der Waals surface area (Å²) in [4.78, 5) is 106. The minimum absolute atomic E-state index is 0.0227. The number of rotatable bonds is 15. The molecule has 0 fully saturated rings. The van der Waals surface area contributed by atoms with Crippen molar-refractivity contribution >= 4 is 75.6 Å². The zero-order valence-corrected chi connectivity index (χ0v) is 39.7. The van der Waals surface area contributed by atoms with Gasteiger partial charge in [-0.25, -0.2) is 13.9 Å². The van der Waals surface area contributed by atoms with Crippen molar-refractivity contribution < 1.29 is 43.0 Å². The topological polar surface area (TPSA) is 267 Å². The lowest BCUT2D eigenvalue weighted by Crippen LogP contribution is -2.31. The lowest BCUT2D eigenvalue weighted by atomic mass is 10.1. The fourth-order valence-corrected chi connectivity index (χ4v) is 7.63. The van der Waals surface area contributed by atoms with Crippen LogP contribution in [-0.2, 0) is 17.9 Å². The van der Waals surface area contributed by atoms with Gasteiger partial charge in [0.05, 0.1) is 67.9 Å². The smallest absolute Gasteiger partial charge is 0.363 e. The molecule has 4 aromatic heterocycles. The van der Waals surface area contributed by atoms with Crippen LogP contribution in [0.3, 0.4) is 0 Å². The van der Waals surface area contributed by atoms with Crippen LogP contribution in [0, 0.1) is 9.54 Å². The number of aromatic nitrogens is 8. The highest BCUT2D eigenvalue weighted by Crippen LogP contribution is 2.22. The molecule has 0 radical (unpaired) electrons. The largest absolute Gasteiger partial charge is 0.481 e. The highest BCUT2D eigenvalue weighted by molar-refractivity contribution is 7.71. The van der Waals surface area contributed by atoms with E-state index in [0.717, 1.165) is 19.4 Å². The van der Waals surface area contributed by atoms with Crippen molar-refractivity contribution in [1.82, 2.24) is 49.4 Å². The van der Waals surface area contributed by atoms with Gasteiger partial charge in [0.2, 0.25) is 46.1 Å². The standard InChI is InChI=1S/C47H39N11O11S2/c1-24(59)50-30-13-9-25(10-14-30)22-48-40(61)28-12-16-32-34(19-28)58(47(71)57(42(32)63)45-54-37(67-4)21-38(55-45)68-5)69-43(64)29-8-6-7-26(17-29)23-49-39(60)27-11-15-31-33(18-27)51-46(70)56(41(31)62)44-52-35(65-2)20-36(53-44)66-3/h6-21H,22-23H2,1-5H3,(H,48,61)(H,49,60)(H,50,59)(H,51,70). The van der Waals surface area contributed by atoms with Crippen molar-refractivity contribution in [3.8, 4) is 35.4 Å². The van der Waals surface area contributed by atoms with E-state index in [1.54, 1.807) is 36.4 Å². The van der Waals surface area contributed by atoms with Gasteiger partial charge in [-0.05, 0) is 96.2 Å². The van der Waals surface area contributed by atoms with Crippen molar-refractivity contribution in [3.63, 3.8) is 0 Å². The van der Waals surface area contributed by atoms with Crippen LogP contribution >= 0.6 is 24.4 Å². The minimum atomic E-state index is -0.935. The van der Waals surface area contributed by atoms with E-state index in [4.69, 9.17) is 48.2 Å². The summed E-state index contributed by atoms with van der Waals surface area (Å²) >= 11 is 11.3. The molecule has 4 N–H and O–H groups in total. The molecule has 8 rings (SSSR count). The molecule has 24 heteroatoms. The summed E-state index contributed by atoms with van der Waals surface area (Å²) in [6.45, 7) is 1.46. The van der Waals surface area contributed by atoms with E-state index in [-0.39, 0.29) is 97.7 Å².